The Labute approximate surface area is 144 Å². The average Bonchev–Trinajstić information content (AvgIpc) is 2.61. The molecule has 1 amide bonds. The second kappa shape index (κ2) is 7.08. The maximum atomic E-state index is 13.0. The van der Waals surface area contributed by atoms with Crippen molar-refractivity contribution in [3.05, 3.63) is 59.2 Å². The van der Waals surface area contributed by atoms with Gasteiger partial charge in [0.05, 0.1) is 0 Å². The minimum Gasteiger partial charge on any atom is -0.481 e. The number of hydrogen-bond acceptors (Lipinski definition) is 2. The van der Waals surface area contributed by atoms with Gasteiger partial charge in [-0.2, -0.15) is 0 Å². The van der Waals surface area contributed by atoms with Gasteiger partial charge in [-0.05, 0) is 68.0 Å². The Morgan fingerprint density at radius 2 is 1.96 bits per heavy atom. The first kappa shape index (κ1) is 16.6. The Bertz CT molecular complexity index is 738. The molecule has 0 saturated heterocycles. The van der Waals surface area contributed by atoms with Crippen LogP contribution in [-0.4, -0.2) is 18.6 Å². The summed E-state index contributed by atoms with van der Waals surface area (Å²) in [5, 5.41) is 0. The van der Waals surface area contributed by atoms with E-state index in [-0.39, 0.29) is 5.91 Å². The van der Waals surface area contributed by atoms with E-state index in [0.717, 1.165) is 30.8 Å². The Balaban J connectivity index is 1.81. The van der Waals surface area contributed by atoms with E-state index in [0.29, 0.717) is 6.42 Å². The van der Waals surface area contributed by atoms with Crippen LogP contribution in [0, 0.1) is 13.8 Å². The molecule has 0 spiro atoms. The normalized spacial score (nSPS) is 14.9. The third-order valence-corrected chi connectivity index (χ3v) is 4.78. The summed E-state index contributed by atoms with van der Waals surface area (Å²) in [6.45, 7) is 6.90. The first-order valence-electron chi connectivity index (χ1n) is 8.73. The zero-order valence-corrected chi connectivity index (χ0v) is 14.7. The molecule has 0 fully saturated rings. The van der Waals surface area contributed by atoms with Crippen molar-refractivity contribution >= 4 is 11.6 Å². The first-order valence-corrected chi connectivity index (χ1v) is 8.73. The van der Waals surface area contributed by atoms with E-state index >= 15 is 0 Å². The van der Waals surface area contributed by atoms with Crippen molar-refractivity contribution in [1.82, 2.24) is 0 Å². The van der Waals surface area contributed by atoms with Crippen molar-refractivity contribution < 1.29 is 9.53 Å². The SMILES string of the molecule is CC[C@H](Oc1ccc(C)c(C)c1)C(=O)N1CCCc2ccccc21. The Kier molecular flexibility index (Phi) is 4.89. The van der Waals surface area contributed by atoms with Gasteiger partial charge in [0, 0.05) is 12.2 Å². The highest BCUT2D eigenvalue weighted by atomic mass is 16.5. The zero-order chi connectivity index (χ0) is 17.1. The summed E-state index contributed by atoms with van der Waals surface area (Å²) in [6.07, 6.45) is 2.25. The lowest BCUT2D eigenvalue weighted by molar-refractivity contribution is -0.125. The highest BCUT2D eigenvalue weighted by Crippen LogP contribution is 2.28. The van der Waals surface area contributed by atoms with E-state index < -0.39 is 6.10 Å². The van der Waals surface area contributed by atoms with Crippen LogP contribution in [0.3, 0.4) is 0 Å². The lowest BCUT2D eigenvalue weighted by atomic mass is 10.0. The molecule has 2 aromatic rings. The number of hydrogen-bond donors (Lipinski definition) is 0. The predicted molar refractivity (Wildman–Crippen MR) is 97.7 cm³/mol. The molecule has 1 aliphatic heterocycles. The molecule has 0 bridgehead atoms. The van der Waals surface area contributed by atoms with E-state index in [1.54, 1.807) is 0 Å². The fourth-order valence-electron chi connectivity index (χ4n) is 3.20. The molecule has 1 heterocycles. The number of rotatable bonds is 4. The van der Waals surface area contributed by atoms with Crippen LogP contribution in [0.5, 0.6) is 5.75 Å². The molecule has 1 atom stereocenters. The van der Waals surface area contributed by atoms with E-state index in [1.165, 1.54) is 16.7 Å². The van der Waals surface area contributed by atoms with Crippen molar-refractivity contribution in [2.24, 2.45) is 0 Å². The predicted octanol–water partition coefficient (Wildman–Crippen LogP) is 4.44. The fourth-order valence-corrected chi connectivity index (χ4v) is 3.20. The van der Waals surface area contributed by atoms with Gasteiger partial charge >= 0.3 is 0 Å². The van der Waals surface area contributed by atoms with E-state index in [1.807, 2.05) is 48.2 Å². The summed E-state index contributed by atoms with van der Waals surface area (Å²) in [7, 11) is 0. The van der Waals surface area contributed by atoms with Crippen LogP contribution in [0.2, 0.25) is 0 Å². The van der Waals surface area contributed by atoms with Crippen molar-refractivity contribution in [3.8, 4) is 5.75 Å². The lowest BCUT2D eigenvalue weighted by Gasteiger charge is -2.32. The van der Waals surface area contributed by atoms with Crippen molar-refractivity contribution in [1.29, 1.82) is 0 Å². The summed E-state index contributed by atoms with van der Waals surface area (Å²) in [5.74, 6) is 0.825. The second-order valence-corrected chi connectivity index (χ2v) is 6.48. The number of aryl methyl sites for hydroxylation is 3. The molecule has 0 N–H and O–H groups in total. The van der Waals surface area contributed by atoms with E-state index in [4.69, 9.17) is 4.74 Å². The number of carbonyl (C=O) groups excluding carboxylic acids is 1. The fraction of sp³-hybridized carbons (Fsp3) is 0.381. The second-order valence-electron chi connectivity index (χ2n) is 6.48. The standard InChI is InChI=1S/C21H25NO2/c1-4-20(24-18-12-11-15(2)16(3)14-18)21(23)22-13-7-9-17-8-5-6-10-19(17)22/h5-6,8,10-12,14,20H,4,7,9,13H2,1-3H3/t20-/m0/s1. The summed E-state index contributed by atoms with van der Waals surface area (Å²) in [5.41, 5.74) is 4.69. The molecule has 0 saturated carbocycles. The number of carbonyl (C=O) groups is 1. The van der Waals surface area contributed by atoms with E-state index in [9.17, 15) is 4.79 Å². The molecule has 3 nitrogen and oxygen atoms in total. The molecule has 3 heteroatoms. The van der Waals surface area contributed by atoms with Gasteiger partial charge in [0.1, 0.15) is 5.75 Å². The van der Waals surface area contributed by atoms with Gasteiger partial charge in [-0.1, -0.05) is 31.2 Å². The summed E-state index contributed by atoms with van der Waals surface area (Å²) < 4.78 is 6.04. The topological polar surface area (TPSA) is 29.5 Å². The molecule has 0 radical (unpaired) electrons. The van der Waals surface area contributed by atoms with Gasteiger partial charge in [0.25, 0.3) is 5.91 Å². The number of amides is 1. The Morgan fingerprint density at radius 1 is 1.17 bits per heavy atom. The van der Waals surface area contributed by atoms with Gasteiger partial charge in [-0.25, -0.2) is 0 Å². The number of fused-ring (bicyclic) bond motifs is 1. The molecule has 1 aliphatic rings. The van der Waals surface area contributed by atoms with Crippen LogP contribution in [-0.2, 0) is 11.2 Å². The Morgan fingerprint density at radius 3 is 2.71 bits per heavy atom. The lowest BCUT2D eigenvalue weighted by Crippen LogP contribution is -2.44. The first-order chi connectivity index (χ1) is 11.6. The molecule has 2 aromatic carbocycles. The van der Waals surface area contributed by atoms with Crippen LogP contribution >= 0.6 is 0 Å². The highest BCUT2D eigenvalue weighted by Gasteiger charge is 2.29. The maximum absolute atomic E-state index is 13.0. The zero-order valence-electron chi connectivity index (χ0n) is 14.7. The molecule has 24 heavy (non-hydrogen) atoms. The largest absolute Gasteiger partial charge is 0.481 e. The van der Waals surface area contributed by atoms with E-state index in [2.05, 4.69) is 19.9 Å². The van der Waals surface area contributed by atoms with Gasteiger partial charge < -0.3 is 9.64 Å². The van der Waals surface area contributed by atoms with Gasteiger partial charge in [-0.15, -0.1) is 0 Å². The molecule has 126 valence electrons. The maximum Gasteiger partial charge on any atom is 0.268 e. The third-order valence-electron chi connectivity index (χ3n) is 4.78. The highest BCUT2D eigenvalue weighted by molar-refractivity contribution is 5.97. The number of ether oxygens (including phenoxy) is 1. The van der Waals surface area contributed by atoms with Gasteiger partial charge in [0.15, 0.2) is 6.10 Å². The monoisotopic (exact) mass is 323 g/mol. The van der Waals surface area contributed by atoms with Crippen molar-refractivity contribution in [3.63, 3.8) is 0 Å². The molecule has 0 unspecified atom stereocenters. The van der Waals surface area contributed by atoms with Gasteiger partial charge in [0.2, 0.25) is 0 Å². The van der Waals surface area contributed by atoms with Crippen LogP contribution in [0.4, 0.5) is 5.69 Å². The van der Waals surface area contributed by atoms with Crippen LogP contribution < -0.4 is 9.64 Å². The molecule has 0 aliphatic carbocycles. The quantitative estimate of drug-likeness (QED) is 0.832. The minimum atomic E-state index is -0.446. The smallest absolute Gasteiger partial charge is 0.268 e. The summed E-state index contributed by atoms with van der Waals surface area (Å²) in [4.78, 5) is 14.9. The summed E-state index contributed by atoms with van der Waals surface area (Å²) in [6, 6.07) is 14.2. The molecular weight excluding hydrogens is 298 g/mol. The molecular formula is C21H25NO2. The van der Waals surface area contributed by atoms with Crippen molar-refractivity contribution in [2.75, 3.05) is 11.4 Å². The summed E-state index contributed by atoms with van der Waals surface area (Å²) >= 11 is 0. The Hall–Kier alpha value is -2.29. The van der Waals surface area contributed by atoms with Crippen molar-refractivity contribution in [2.45, 2.75) is 46.1 Å². The number of nitrogens with zero attached hydrogens (tertiary/aromatic N) is 1. The van der Waals surface area contributed by atoms with Gasteiger partial charge in [-0.3, -0.25) is 4.79 Å². The third kappa shape index (κ3) is 3.30. The van der Waals surface area contributed by atoms with Crippen LogP contribution in [0.1, 0.15) is 36.5 Å². The number of para-hydroxylation sites is 1. The minimum absolute atomic E-state index is 0.0582. The number of benzene rings is 2. The molecule has 3 rings (SSSR count). The average molecular weight is 323 g/mol. The molecule has 0 aromatic heterocycles. The van der Waals surface area contributed by atoms with Crippen LogP contribution in [0.15, 0.2) is 42.5 Å². The number of anilines is 1. The van der Waals surface area contributed by atoms with Crippen LogP contribution in [0.25, 0.3) is 0 Å².